The molecule has 2 N–H and O–H groups in total. The van der Waals surface area contributed by atoms with Gasteiger partial charge in [-0.3, -0.25) is 0 Å². The Balaban J connectivity index is 2.49. The fourth-order valence-corrected chi connectivity index (χ4v) is 1.60. The lowest BCUT2D eigenvalue weighted by Gasteiger charge is -1.99. The van der Waals surface area contributed by atoms with Crippen LogP contribution in [0.1, 0.15) is 0 Å². The maximum absolute atomic E-state index is 5.86. The van der Waals surface area contributed by atoms with Crippen LogP contribution >= 0.6 is 11.6 Å². The Kier molecular flexibility index (Phi) is 2.22. The summed E-state index contributed by atoms with van der Waals surface area (Å²) in [5, 5.41) is 0.739. The van der Waals surface area contributed by atoms with E-state index in [1.54, 1.807) is 0 Å². The van der Waals surface area contributed by atoms with Crippen molar-refractivity contribution in [3.63, 3.8) is 0 Å². The number of nitrogens with zero attached hydrogens (tertiary/aromatic N) is 1. The predicted molar refractivity (Wildman–Crippen MR) is 60.3 cm³/mol. The van der Waals surface area contributed by atoms with E-state index in [0.717, 1.165) is 21.8 Å². The first-order valence-corrected chi connectivity index (χ1v) is 4.72. The minimum Gasteiger partial charge on any atom is -0.397 e. The normalized spacial score (nSPS) is 10.4. The standard InChI is InChI=1S/C11H11ClN2/c1-14-6-10(11(13)7-14)8-2-4-9(12)5-3-8/h2-7H,13H2,1H3. The number of rotatable bonds is 1. The van der Waals surface area contributed by atoms with E-state index in [0.29, 0.717) is 0 Å². The Hall–Kier alpha value is -1.41. The second-order valence-corrected chi connectivity index (χ2v) is 3.74. The van der Waals surface area contributed by atoms with Crippen LogP contribution in [-0.2, 0) is 7.05 Å². The summed E-state index contributed by atoms with van der Waals surface area (Å²) in [7, 11) is 1.95. The SMILES string of the molecule is Cn1cc(N)c(-c2ccc(Cl)cc2)c1. The first-order chi connectivity index (χ1) is 6.66. The van der Waals surface area contributed by atoms with Crippen LogP contribution in [0.2, 0.25) is 5.02 Å². The van der Waals surface area contributed by atoms with E-state index >= 15 is 0 Å². The quantitative estimate of drug-likeness (QED) is 0.764. The van der Waals surface area contributed by atoms with Gasteiger partial charge in [0.2, 0.25) is 0 Å². The summed E-state index contributed by atoms with van der Waals surface area (Å²) in [6.45, 7) is 0. The molecule has 0 spiro atoms. The molecule has 0 atom stereocenters. The summed E-state index contributed by atoms with van der Waals surface area (Å²) in [5.74, 6) is 0. The van der Waals surface area contributed by atoms with Crippen LogP contribution in [0, 0.1) is 0 Å². The predicted octanol–water partition coefficient (Wildman–Crippen LogP) is 2.93. The molecule has 3 heteroatoms. The van der Waals surface area contributed by atoms with Crippen LogP contribution in [0.3, 0.4) is 0 Å². The third-order valence-electron chi connectivity index (χ3n) is 2.14. The number of hydrogen-bond donors (Lipinski definition) is 1. The van der Waals surface area contributed by atoms with Crippen molar-refractivity contribution in [1.82, 2.24) is 4.57 Å². The van der Waals surface area contributed by atoms with E-state index in [1.807, 2.05) is 48.3 Å². The van der Waals surface area contributed by atoms with Gasteiger partial charge < -0.3 is 10.3 Å². The van der Waals surface area contributed by atoms with E-state index in [9.17, 15) is 0 Å². The fraction of sp³-hybridized carbons (Fsp3) is 0.0909. The average molecular weight is 207 g/mol. The molecule has 1 aromatic heterocycles. The molecular formula is C11H11ClN2. The van der Waals surface area contributed by atoms with Crippen molar-refractivity contribution in [2.45, 2.75) is 0 Å². The lowest BCUT2D eigenvalue weighted by molar-refractivity contribution is 0.929. The highest BCUT2D eigenvalue weighted by Gasteiger charge is 2.04. The smallest absolute Gasteiger partial charge is 0.0573 e. The van der Waals surface area contributed by atoms with Crippen molar-refractivity contribution in [2.75, 3.05) is 5.73 Å². The van der Waals surface area contributed by atoms with Crippen molar-refractivity contribution in [1.29, 1.82) is 0 Å². The van der Waals surface area contributed by atoms with Crippen molar-refractivity contribution >= 4 is 17.3 Å². The van der Waals surface area contributed by atoms with E-state index in [1.165, 1.54) is 0 Å². The molecule has 0 aliphatic rings. The minimum atomic E-state index is 0.739. The van der Waals surface area contributed by atoms with Gasteiger partial charge in [-0.1, -0.05) is 23.7 Å². The highest BCUT2D eigenvalue weighted by atomic mass is 35.5. The molecule has 0 saturated carbocycles. The molecule has 0 radical (unpaired) electrons. The monoisotopic (exact) mass is 206 g/mol. The molecule has 2 nitrogen and oxygen atoms in total. The number of anilines is 1. The molecule has 2 rings (SSSR count). The number of aryl methyl sites for hydroxylation is 1. The molecule has 0 aliphatic heterocycles. The Labute approximate surface area is 87.9 Å². The van der Waals surface area contributed by atoms with Crippen LogP contribution in [0.4, 0.5) is 5.69 Å². The largest absolute Gasteiger partial charge is 0.397 e. The Morgan fingerprint density at radius 3 is 2.29 bits per heavy atom. The Morgan fingerprint density at radius 1 is 1.14 bits per heavy atom. The lowest BCUT2D eigenvalue weighted by atomic mass is 10.1. The molecule has 0 aliphatic carbocycles. The fourth-order valence-electron chi connectivity index (χ4n) is 1.48. The van der Waals surface area contributed by atoms with Crippen LogP contribution in [0.25, 0.3) is 11.1 Å². The summed E-state index contributed by atoms with van der Waals surface area (Å²) in [5.41, 5.74) is 8.78. The zero-order valence-corrected chi connectivity index (χ0v) is 8.62. The van der Waals surface area contributed by atoms with Gasteiger partial charge in [0.25, 0.3) is 0 Å². The molecular weight excluding hydrogens is 196 g/mol. The van der Waals surface area contributed by atoms with Gasteiger partial charge in [-0.25, -0.2) is 0 Å². The zero-order chi connectivity index (χ0) is 10.1. The molecule has 0 unspecified atom stereocenters. The molecule has 1 aromatic carbocycles. The third kappa shape index (κ3) is 1.61. The molecule has 2 aromatic rings. The third-order valence-corrected chi connectivity index (χ3v) is 2.39. The van der Waals surface area contributed by atoms with Gasteiger partial charge >= 0.3 is 0 Å². The van der Waals surface area contributed by atoms with Crippen LogP contribution < -0.4 is 5.73 Å². The topological polar surface area (TPSA) is 30.9 Å². The van der Waals surface area contributed by atoms with E-state index in [-0.39, 0.29) is 0 Å². The van der Waals surface area contributed by atoms with E-state index in [4.69, 9.17) is 17.3 Å². The van der Waals surface area contributed by atoms with Crippen molar-refractivity contribution in [3.8, 4) is 11.1 Å². The number of aromatic nitrogens is 1. The van der Waals surface area contributed by atoms with Gasteiger partial charge in [0.1, 0.15) is 0 Å². The number of halogens is 1. The highest BCUT2D eigenvalue weighted by Crippen LogP contribution is 2.27. The van der Waals surface area contributed by atoms with Gasteiger partial charge in [-0.15, -0.1) is 0 Å². The Morgan fingerprint density at radius 2 is 1.79 bits per heavy atom. The molecule has 1 heterocycles. The van der Waals surface area contributed by atoms with Crippen molar-refractivity contribution in [3.05, 3.63) is 41.7 Å². The van der Waals surface area contributed by atoms with Gasteiger partial charge in [0.15, 0.2) is 0 Å². The van der Waals surface area contributed by atoms with Gasteiger partial charge in [-0.05, 0) is 17.7 Å². The maximum Gasteiger partial charge on any atom is 0.0573 e. The lowest BCUT2D eigenvalue weighted by Crippen LogP contribution is -1.84. The summed E-state index contributed by atoms with van der Waals surface area (Å²) in [6, 6.07) is 7.66. The second-order valence-electron chi connectivity index (χ2n) is 3.30. The van der Waals surface area contributed by atoms with E-state index < -0.39 is 0 Å². The van der Waals surface area contributed by atoms with Crippen molar-refractivity contribution < 1.29 is 0 Å². The Bertz CT molecular complexity index is 443. The second kappa shape index (κ2) is 3.39. The number of nitrogen functional groups attached to an aromatic ring is 1. The molecule has 0 bridgehead atoms. The molecule has 72 valence electrons. The van der Waals surface area contributed by atoms with Crippen molar-refractivity contribution in [2.24, 2.45) is 7.05 Å². The number of benzene rings is 1. The van der Waals surface area contributed by atoms with Crippen LogP contribution in [-0.4, -0.2) is 4.57 Å². The zero-order valence-electron chi connectivity index (χ0n) is 7.87. The van der Waals surface area contributed by atoms with Crippen LogP contribution in [0.15, 0.2) is 36.7 Å². The number of hydrogen-bond acceptors (Lipinski definition) is 1. The van der Waals surface area contributed by atoms with Crippen LogP contribution in [0.5, 0.6) is 0 Å². The van der Waals surface area contributed by atoms with Gasteiger partial charge in [0, 0.05) is 30.0 Å². The summed E-state index contributed by atoms with van der Waals surface area (Å²) < 4.78 is 1.94. The summed E-state index contributed by atoms with van der Waals surface area (Å²) in [6.07, 6.45) is 3.89. The van der Waals surface area contributed by atoms with Gasteiger partial charge in [-0.2, -0.15) is 0 Å². The summed E-state index contributed by atoms with van der Waals surface area (Å²) in [4.78, 5) is 0. The first-order valence-electron chi connectivity index (χ1n) is 4.34. The molecule has 0 saturated heterocycles. The summed E-state index contributed by atoms with van der Waals surface area (Å²) >= 11 is 5.81. The molecule has 0 fully saturated rings. The van der Waals surface area contributed by atoms with Gasteiger partial charge in [0.05, 0.1) is 5.69 Å². The van der Waals surface area contributed by atoms with E-state index in [2.05, 4.69) is 0 Å². The number of nitrogens with two attached hydrogens (primary N) is 1. The average Bonchev–Trinajstić information content (AvgIpc) is 2.47. The maximum atomic E-state index is 5.86. The minimum absolute atomic E-state index is 0.739. The highest BCUT2D eigenvalue weighted by molar-refractivity contribution is 6.30. The molecule has 14 heavy (non-hydrogen) atoms. The first kappa shape index (κ1) is 9.16. The molecule has 0 amide bonds.